The summed E-state index contributed by atoms with van der Waals surface area (Å²) >= 11 is 0. The van der Waals surface area contributed by atoms with E-state index >= 15 is 0 Å². The molecule has 0 bridgehead atoms. The number of anilines is 2. The maximum Gasteiger partial charge on any atom is 0.316 e. The molecule has 1 aliphatic carbocycles. The Hall–Kier alpha value is -4.54. The molecule has 0 aromatic heterocycles. The number of allylic oxidation sites excluding steroid dienone is 2. The van der Waals surface area contributed by atoms with Gasteiger partial charge in [0.15, 0.2) is 0 Å². The van der Waals surface area contributed by atoms with Gasteiger partial charge in [0.2, 0.25) is 17.7 Å². The molecule has 5 rings (SSSR count). The third-order valence-corrected chi connectivity index (χ3v) is 7.62. The number of fused-ring (bicyclic) bond motifs is 1. The number of nitro groups is 1. The molecule has 11 heteroatoms. The van der Waals surface area contributed by atoms with Crippen molar-refractivity contribution < 1.29 is 33.6 Å². The summed E-state index contributed by atoms with van der Waals surface area (Å²) in [6, 6.07) is 8.61. The van der Waals surface area contributed by atoms with Gasteiger partial charge in [0.1, 0.15) is 11.5 Å². The smallest absolute Gasteiger partial charge is 0.316 e. The van der Waals surface area contributed by atoms with Gasteiger partial charge >= 0.3 is 5.97 Å². The minimum atomic E-state index is -0.767. The van der Waals surface area contributed by atoms with Crippen molar-refractivity contribution >= 4 is 40.8 Å². The van der Waals surface area contributed by atoms with E-state index in [2.05, 4.69) is 0 Å². The van der Waals surface area contributed by atoms with Crippen molar-refractivity contribution in [1.82, 2.24) is 0 Å². The van der Waals surface area contributed by atoms with Gasteiger partial charge < -0.3 is 14.4 Å². The Labute approximate surface area is 224 Å². The van der Waals surface area contributed by atoms with Crippen LogP contribution in [0.25, 0.3) is 0 Å². The number of carbonyl (C=O) groups excluding carboxylic acids is 4. The number of hydrogen-bond acceptors (Lipinski definition) is 8. The van der Waals surface area contributed by atoms with Gasteiger partial charge in [-0.25, -0.2) is 4.90 Å². The van der Waals surface area contributed by atoms with Gasteiger partial charge in [0.05, 0.1) is 47.2 Å². The van der Waals surface area contributed by atoms with Crippen molar-refractivity contribution in [3.63, 3.8) is 0 Å². The molecule has 2 aromatic carbocycles. The highest BCUT2D eigenvalue weighted by molar-refractivity contribution is 6.22. The first-order chi connectivity index (χ1) is 18.6. The average molecular weight is 534 g/mol. The Kier molecular flexibility index (Phi) is 6.67. The number of ether oxygens (including phenoxy) is 2. The topological polar surface area (TPSA) is 136 Å². The van der Waals surface area contributed by atoms with Crippen LogP contribution in [0.3, 0.4) is 0 Å². The Morgan fingerprint density at radius 1 is 1.08 bits per heavy atom. The lowest BCUT2D eigenvalue weighted by Gasteiger charge is -2.22. The predicted octanol–water partition coefficient (Wildman–Crippen LogP) is 3.57. The molecule has 0 radical (unpaired) electrons. The second-order valence-corrected chi connectivity index (χ2v) is 10.1. The van der Waals surface area contributed by atoms with Crippen molar-refractivity contribution in [2.45, 2.75) is 26.7 Å². The fourth-order valence-corrected chi connectivity index (χ4v) is 5.63. The van der Waals surface area contributed by atoms with Crippen LogP contribution in [0, 0.1) is 40.7 Å². The number of esters is 1. The zero-order valence-electron chi connectivity index (χ0n) is 21.7. The zero-order chi connectivity index (χ0) is 28.0. The summed E-state index contributed by atoms with van der Waals surface area (Å²) in [5.41, 5.74) is 1.20. The van der Waals surface area contributed by atoms with Crippen LogP contribution < -0.4 is 19.3 Å². The lowest BCUT2D eigenvalue weighted by atomic mass is 9.78. The Bertz CT molecular complexity index is 1430. The molecular weight excluding hydrogens is 506 g/mol. The standard InChI is InChI=1S/C28H27N3O8/c1-15-5-4-6-20-25(15)27(34)30(26(20)33)21-10-8-19(11-16(21)2)39-28(35)17-12-24(32)29(14-17)22-9-7-18(31(36)37)13-23(22)38-3/h4-5,7-11,13,15,17,20,25H,6,12,14H2,1-3H3/t15-,17-,20-,25+/m1/s1. The number of aryl methyl sites for hydroxylation is 1. The minimum absolute atomic E-state index is 0.0225. The van der Waals surface area contributed by atoms with E-state index in [1.165, 1.54) is 41.2 Å². The number of methoxy groups -OCH3 is 1. The summed E-state index contributed by atoms with van der Waals surface area (Å²) in [6.07, 6.45) is 4.36. The molecule has 2 saturated heterocycles. The maximum absolute atomic E-state index is 13.1. The minimum Gasteiger partial charge on any atom is -0.494 e. The molecule has 3 amide bonds. The molecule has 0 saturated carbocycles. The first kappa shape index (κ1) is 26.1. The van der Waals surface area contributed by atoms with Gasteiger partial charge in [0.25, 0.3) is 5.69 Å². The summed E-state index contributed by atoms with van der Waals surface area (Å²) in [5, 5.41) is 11.1. The van der Waals surface area contributed by atoms with Crippen LogP contribution in [0.1, 0.15) is 25.3 Å². The summed E-state index contributed by atoms with van der Waals surface area (Å²) in [7, 11) is 1.34. The monoisotopic (exact) mass is 533 g/mol. The van der Waals surface area contributed by atoms with Gasteiger partial charge in [-0.2, -0.15) is 0 Å². The molecule has 11 nitrogen and oxygen atoms in total. The van der Waals surface area contributed by atoms with Gasteiger partial charge in [-0.3, -0.25) is 29.3 Å². The summed E-state index contributed by atoms with van der Waals surface area (Å²) in [5.74, 6) is -2.56. The van der Waals surface area contributed by atoms with Gasteiger partial charge in [-0.1, -0.05) is 19.1 Å². The number of non-ortho nitro benzene ring substituents is 1. The maximum atomic E-state index is 13.1. The molecule has 4 atom stereocenters. The summed E-state index contributed by atoms with van der Waals surface area (Å²) in [4.78, 5) is 65.0. The van der Waals surface area contributed by atoms with Crippen LogP contribution in [0.2, 0.25) is 0 Å². The van der Waals surface area contributed by atoms with Gasteiger partial charge in [0, 0.05) is 19.0 Å². The van der Waals surface area contributed by atoms with Crippen LogP contribution in [0.5, 0.6) is 11.5 Å². The molecule has 0 unspecified atom stereocenters. The number of benzene rings is 2. The third kappa shape index (κ3) is 4.53. The highest BCUT2D eigenvalue weighted by Gasteiger charge is 2.50. The van der Waals surface area contributed by atoms with Gasteiger partial charge in [-0.15, -0.1) is 0 Å². The van der Waals surface area contributed by atoms with E-state index in [4.69, 9.17) is 9.47 Å². The molecule has 2 aromatic rings. The molecule has 39 heavy (non-hydrogen) atoms. The highest BCUT2D eigenvalue weighted by atomic mass is 16.6. The largest absolute Gasteiger partial charge is 0.494 e. The molecular formula is C28H27N3O8. The fourth-order valence-electron chi connectivity index (χ4n) is 5.63. The third-order valence-electron chi connectivity index (χ3n) is 7.62. The Morgan fingerprint density at radius 2 is 1.82 bits per heavy atom. The predicted molar refractivity (Wildman–Crippen MR) is 139 cm³/mol. The normalized spacial score (nSPS) is 24.2. The number of rotatable bonds is 6. The van der Waals surface area contributed by atoms with E-state index in [0.717, 1.165) is 0 Å². The van der Waals surface area contributed by atoms with E-state index in [1.807, 2.05) is 19.1 Å². The number of hydrogen-bond donors (Lipinski definition) is 0. The second-order valence-electron chi connectivity index (χ2n) is 10.1. The van der Waals surface area contributed by atoms with E-state index in [9.17, 15) is 29.3 Å². The Balaban J connectivity index is 1.29. The molecule has 2 aliphatic heterocycles. The molecule has 2 fully saturated rings. The van der Waals surface area contributed by atoms with E-state index < -0.39 is 16.8 Å². The number of nitro benzene ring substituents is 1. The van der Waals surface area contributed by atoms with Crippen LogP contribution in [-0.4, -0.2) is 42.3 Å². The first-order valence-electron chi connectivity index (χ1n) is 12.6. The van der Waals surface area contributed by atoms with Crippen molar-refractivity contribution in [1.29, 1.82) is 0 Å². The van der Waals surface area contributed by atoms with Crippen LogP contribution >= 0.6 is 0 Å². The van der Waals surface area contributed by atoms with Crippen LogP contribution in [0.4, 0.5) is 17.1 Å². The van der Waals surface area contributed by atoms with Crippen molar-refractivity contribution in [2.24, 2.45) is 23.7 Å². The van der Waals surface area contributed by atoms with Crippen LogP contribution in [0.15, 0.2) is 48.6 Å². The number of amides is 3. The molecule has 3 aliphatic rings. The molecule has 2 heterocycles. The lowest BCUT2D eigenvalue weighted by molar-refractivity contribution is -0.384. The average Bonchev–Trinajstić information content (AvgIpc) is 3.41. The number of imide groups is 1. The quantitative estimate of drug-likeness (QED) is 0.137. The summed E-state index contributed by atoms with van der Waals surface area (Å²) < 4.78 is 10.8. The van der Waals surface area contributed by atoms with E-state index in [1.54, 1.807) is 19.1 Å². The van der Waals surface area contributed by atoms with Crippen molar-refractivity contribution in [2.75, 3.05) is 23.5 Å². The van der Waals surface area contributed by atoms with Gasteiger partial charge in [-0.05, 0) is 49.1 Å². The number of nitrogens with zero attached hydrogens (tertiary/aromatic N) is 3. The lowest BCUT2D eigenvalue weighted by Crippen LogP contribution is -2.32. The first-order valence-corrected chi connectivity index (χ1v) is 12.6. The highest BCUT2D eigenvalue weighted by Crippen LogP contribution is 2.42. The number of carbonyl (C=O) groups is 4. The summed E-state index contributed by atoms with van der Waals surface area (Å²) in [6.45, 7) is 3.69. The Morgan fingerprint density at radius 3 is 2.49 bits per heavy atom. The van der Waals surface area contributed by atoms with Crippen molar-refractivity contribution in [3.8, 4) is 11.5 Å². The molecule has 202 valence electrons. The van der Waals surface area contributed by atoms with Crippen molar-refractivity contribution in [3.05, 3.63) is 64.2 Å². The van der Waals surface area contributed by atoms with Crippen LogP contribution in [-0.2, 0) is 19.2 Å². The SMILES string of the molecule is COc1cc([N+](=O)[O-])ccc1N1C[C@H](C(=O)Oc2ccc(N3C(=O)[C@H]4[C@H](C)C=CC[C@H]4C3=O)c(C)c2)CC1=O. The van der Waals surface area contributed by atoms with E-state index in [0.29, 0.717) is 23.4 Å². The second kappa shape index (κ2) is 9.97. The molecule has 0 N–H and O–H groups in total. The van der Waals surface area contributed by atoms with E-state index in [-0.39, 0.29) is 65.6 Å². The zero-order valence-corrected chi connectivity index (χ0v) is 21.7. The molecule has 0 spiro atoms. The fraction of sp³-hybridized carbons (Fsp3) is 0.357.